The maximum absolute atomic E-state index is 13.5. The lowest BCUT2D eigenvalue weighted by Crippen LogP contribution is -2.46. The summed E-state index contributed by atoms with van der Waals surface area (Å²) in [6.07, 6.45) is 3.76. The summed E-state index contributed by atoms with van der Waals surface area (Å²) < 4.78 is 2.07. The average molecular weight is 425 g/mol. The summed E-state index contributed by atoms with van der Waals surface area (Å²) in [5, 5.41) is 4.02. The molecule has 2 amide bonds. The summed E-state index contributed by atoms with van der Waals surface area (Å²) in [7, 11) is 2.00. The molecule has 32 heavy (non-hydrogen) atoms. The second-order valence-electron chi connectivity index (χ2n) is 8.13. The van der Waals surface area contributed by atoms with E-state index in [9.17, 15) is 9.59 Å². The third-order valence-corrected chi connectivity index (χ3v) is 6.19. The highest BCUT2D eigenvalue weighted by atomic mass is 16.2. The number of para-hydroxylation sites is 1. The molecule has 160 valence electrons. The summed E-state index contributed by atoms with van der Waals surface area (Å²) in [6, 6.07) is 20.4. The molecule has 0 saturated carbocycles. The highest BCUT2D eigenvalue weighted by molar-refractivity contribution is 6.03. The average Bonchev–Trinajstić information content (AvgIpc) is 3.32. The summed E-state index contributed by atoms with van der Waals surface area (Å²) >= 11 is 0. The van der Waals surface area contributed by atoms with Gasteiger partial charge in [-0.05, 0) is 36.8 Å². The highest BCUT2D eigenvalue weighted by Gasteiger charge is 2.43. The number of rotatable bonds is 5. The number of hydrogen-bond donors (Lipinski definition) is 1. The Balaban J connectivity index is 1.53. The molecule has 2 aromatic carbocycles. The van der Waals surface area contributed by atoms with E-state index in [2.05, 4.69) is 33.2 Å². The van der Waals surface area contributed by atoms with Gasteiger partial charge in [0.2, 0.25) is 5.91 Å². The number of carbonyl (C=O) groups excluding carboxylic acids is 2. The Morgan fingerprint density at radius 1 is 1.03 bits per heavy atom. The maximum atomic E-state index is 13.5. The summed E-state index contributed by atoms with van der Waals surface area (Å²) in [5.74, 6) is -0.332. The largest absolute Gasteiger partial charge is 0.350 e. The molecule has 4 aromatic rings. The number of pyridine rings is 1. The van der Waals surface area contributed by atoms with Crippen molar-refractivity contribution >= 4 is 22.7 Å². The molecule has 1 N–H and O–H groups in total. The van der Waals surface area contributed by atoms with Crippen LogP contribution in [0.1, 0.15) is 40.1 Å². The topological polar surface area (TPSA) is 67.2 Å². The summed E-state index contributed by atoms with van der Waals surface area (Å²) in [6.45, 7) is 2.10. The zero-order chi connectivity index (χ0) is 22.2. The van der Waals surface area contributed by atoms with Gasteiger partial charge in [-0.1, -0.05) is 42.5 Å². The molecule has 2 atom stereocenters. The van der Waals surface area contributed by atoms with Gasteiger partial charge < -0.3 is 14.8 Å². The summed E-state index contributed by atoms with van der Waals surface area (Å²) in [5.41, 5.74) is 4.46. The highest BCUT2D eigenvalue weighted by Crippen LogP contribution is 2.42. The molecule has 6 heteroatoms. The van der Waals surface area contributed by atoms with Crippen LogP contribution in [0, 0.1) is 0 Å². The number of hydrogen-bond acceptors (Lipinski definition) is 3. The van der Waals surface area contributed by atoms with Gasteiger partial charge in [0.1, 0.15) is 6.04 Å². The van der Waals surface area contributed by atoms with Crippen LogP contribution in [0.4, 0.5) is 0 Å². The van der Waals surface area contributed by atoms with E-state index in [0.717, 1.165) is 27.7 Å². The fraction of sp³-hybridized carbons (Fsp3) is 0.192. The van der Waals surface area contributed by atoms with Gasteiger partial charge in [0.15, 0.2) is 0 Å². The Kier molecular flexibility index (Phi) is 4.98. The third-order valence-electron chi connectivity index (χ3n) is 6.19. The zero-order valence-corrected chi connectivity index (χ0v) is 18.0. The van der Waals surface area contributed by atoms with Crippen molar-refractivity contribution < 1.29 is 9.59 Å². The minimum atomic E-state index is -0.650. The minimum Gasteiger partial charge on any atom is -0.350 e. The van der Waals surface area contributed by atoms with Crippen molar-refractivity contribution in [1.29, 1.82) is 0 Å². The predicted molar refractivity (Wildman–Crippen MR) is 123 cm³/mol. The van der Waals surface area contributed by atoms with Gasteiger partial charge in [-0.15, -0.1) is 0 Å². The number of aryl methyl sites for hydroxylation is 1. The van der Waals surface area contributed by atoms with Crippen LogP contribution < -0.4 is 5.32 Å². The van der Waals surface area contributed by atoms with Crippen LogP contribution >= 0.6 is 0 Å². The van der Waals surface area contributed by atoms with E-state index >= 15 is 0 Å². The van der Waals surface area contributed by atoms with Gasteiger partial charge in [0.05, 0.1) is 18.3 Å². The third kappa shape index (κ3) is 3.24. The van der Waals surface area contributed by atoms with Gasteiger partial charge >= 0.3 is 0 Å². The fourth-order valence-corrected chi connectivity index (χ4v) is 4.60. The van der Waals surface area contributed by atoms with Crippen molar-refractivity contribution in [3.05, 3.63) is 102 Å². The molecule has 0 aliphatic carbocycles. The molecular formula is C26H24N4O2. The van der Waals surface area contributed by atoms with Crippen molar-refractivity contribution in [2.45, 2.75) is 25.6 Å². The van der Waals surface area contributed by atoms with Crippen LogP contribution in [-0.4, -0.2) is 32.3 Å². The van der Waals surface area contributed by atoms with Gasteiger partial charge in [-0.3, -0.25) is 14.6 Å². The van der Waals surface area contributed by atoms with E-state index in [1.54, 1.807) is 18.0 Å². The SMILES string of the molecule is C[C@@H](C(=O)NCc1ccccn1)N1C(=O)c2ccccc2[C@@H]1c1cn(C)c2ccccc12. The van der Waals surface area contributed by atoms with Crippen molar-refractivity contribution in [1.82, 2.24) is 19.8 Å². The Bertz CT molecular complexity index is 1310. The van der Waals surface area contributed by atoms with Crippen LogP contribution in [0.15, 0.2) is 79.1 Å². The standard InChI is InChI=1S/C26H24N4O2/c1-17(25(31)28-15-18-9-7-8-14-27-18)30-24(20-11-3-4-12-21(20)26(30)32)22-16-29(2)23-13-6-5-10-19(22)23/h3-14,16-17,24H,15H2,1-2H3,(H,28,31)/t17-,24+/m0/s1. The quantitative estimate of drug-likeness (QED) is 0.530. The molecule has 0 saturated heterocycles. The maximum Gasteiger partial charge on any atom is 0.255 e. The number of nitrogens with one attached hydrogen (secondary N) is 1. The number of benzene rings is 2. The van der Waals surface area contributed by atoms with Crippen molar-refractivity contribution in [3.8, 4) is 0 Å². The van der Waals surface area contributed by atoms with Crippen LogP contribution in [0.25, 0.3) is 10.9 Å². The molecule has 0 bridgehead atoms. The first-order chi connectivity index (χ1) is 15.6. The normalized spacial score (nSPS) is 16.2. The van der Waals surface area contributed by atoms with Gasteiger partial charge in [0, 0.05) is 41.5 Å². The number of carbonyl (C=O) groups is 2. The van der Waals surface area contributed by atoms with E-state index in [1.807, 2.05) is 61.6 Å². The first-order valence-corrected chi connectivity index (χ1v) is 10.7. The molecule has 0 spiro atoms. The molecule has 1 aliphatic heterocycles. The van der Waals surface area contributed by atoms with E-state index in [0.29, 0.717) is 12.1 Å². The molecule has 1 aliphatic rings. The molecule has 5 rings (SSSR count). The second-order valence-corrected chi connectivity index (χ2v) is 8.13. The van der Waals surface area contributed by atoms with Crippen LogP contribution in [-0.2, 0) is 18.4 Å². The molecule has 2 aromatic heterocycles. The van der Waals surface area contributed by atoms with E-state index < -0.39 is 6.04 Å². The van der Waals surface area contributed by atoms with E-state index in [4.69, 9.17) is 0 Å². The fourth-order valence-electron chi connectivity index (χ4n) is 4.60. The van der Waals surface area contributed by atoms with Crippen LogP contribution in [0.2, 0.25) is 0 Å². The number of aromatic nitrogens is 2. The lowest BCUT2D eigenvalue weighted by atomic mass is 9.97. The lowest BCUT2D eigenvalue weighted by Gasteiger charge is -2.30. The van der Waals surface area contributed by atoms with Crippen LogP contribution in [0.3, 0.4) is 0 Å². The first kappa shape index (κ1) is 20.0. The Morgan fingerprint density at radius 2 is 1.78 bits per heavy atom. The van der Waals surface area contributed by atoms with E-state index in [1.165, 1.54) is 0 Å². The predicted octanol–water partition coefficient (Wildman–Crippen LogP) is 3.82. The number of amides is 2. The zero-order valence-electron chi connectivity index (χ0n) is 18.0. The number of fused-ring (bicyclic) bond motifs is 2. The number of nitrogens with zero attached hydrogens (tertiary/aromatic N) is 3. The van der Waals surface area contributed by atoms with E-state index in [-0.39, 0.29) is 17.9 Å². The van der Waals surface area contributed by atoms with Crippen molar-refractivity contribution in [3.63, 3.8) is 0 Å². The first-order valence-electron chi connectivity index (χ1n) is 10.7. The minimum absolute atomic E-state index is 0.126. The Labute approximate surface area is 186 Å². The summed E-state index contributed by atoms with van der Waals surface area (Å²) in [4.78, 5) is 32.5. The van der Waals surface area contributed by atoms with Gasteiger partial charge in [-0.2, -0.15) is 0 Å². The van der Waals surface area contributed by atoms with Crippen molar-refractivity contribution in [2.75, 3.05) is 0 Å². The molecule has 0 fully saturated rings. The van der Waals surface area contributed by atoms with Crippen LogP contribution in [0.5, 0.6) is 0 Å². The van der Waals surface area contributed by atoms with Gasteiger partial charge in [-0.25, -0.2) is 0 Å². The molecular weight excluding hydrogens is 400 g/mol. The Morgan fingerprint density at radius 3 is 2.59 bits per heavy atom. The van der Waals surface area contributed by atoms with Gasteiger partial charge in [0.25, 0.3) is 5.91 Å². The van der Waals surface area contributed by atoms with Crippen molar-refractivity contribution in [2.24, 2.45) is 7.05 Å². The molecule has 6 nitrogen and oxygen atoms in total. The molecule has 3 heterocycles. The smallest absolute Gasteiger partial charge is 0.255 e. The Hall–Kier alpha value is -3.93. The second kappa shape index (κ2) is 7.96. The molecule has 0 unspecified atom stereocenters. The molecule has 0 radical (unpaired) electrons. The monoisotopic (exact) mass is 424 g/mol. The lowest BCUT2D eigenvalue weighted by molar-refractivity contribution is -0.125.